The number of hydrogen-bond acceptors (Lipinski definition) is 3. The molecule has 0 amide bonds. The Morgan fingerprint density at radius 3 is 2.59 bits per heavy atom. The van der Waals surface area contributed by atoms with Gasteiger partial charge in [-0.25, -0.2) is 0 Å². The molecule has 0 aliphatic rings. The molecule has 0 saturated carbocycles. The number of fused-ring (bicyclic) bond motifs is 1. The van der Waals surface area contributed by atoms with Crippen LogP contribution in [0.15, 0.2) is 41.5 Å². The molecule has 27 heavy (non-hydrogen) atoms. The highest BCUT2D eigenvalue weighted by atomic mass is 16.3. The van der Waals surface area contributed by atoms with E-state index in [0.29, 0.717) is 0 Å². The highest BCUT2D eigenvalue weighted by molar-refractivity contribution is 5.82. The van der Waals surface area contributed by atoms with Crippen LogP contribution in [0.1, 0.15) is 45.6 Å². The van der Waals surface area contributed by atoms with Crippen LogP contribution in [-0.4, -0.2) is 42.3 Å². The number of aliphatic hydroxyl groups is 1. The van der Waals surface area contributed by atoms with Crippen LogP contribution in [0.4, 0.5) is 0 Å². The molecular formula is C22H34N4O. The molecule has 2 aromatic rings. The zero-order valence-corrected chi connectivity index (χ0v) is 17.0. The Hall–Kier alpha value is -2.14. The van der Waals surface area contributed by atoms with Crippen LogP contribution in [-0.2, 0) is 6.42 Å². The molecule has 0 saturated heterocycles. The summed E-state index contributed by atoms with van der Waals surface area (Å²) in [7, 11) is 0. The standard InChI is InChI=1S/C22H34N4O/c1-4-22(5-2,13-16-27)17-26-21(23-6-3)25-15-12-19-10-7-9-18-11-8-14-24-20(18)19/h7-11,14,27H,4-6,12-13,15-17H2,1-3H3,(H2,23,25,26). The van der Waals surface area contributed by atoms with Crippen LogP contribution in [0.25, 0.3) is 10.9 Å². The largest absolute Gasteiger partial charge is 0.396 e. The summed E-state index contributed by atoms with van der Waals surface area (Å²) < 4.78 is 0. The minimum atomic E-state index is 0.0800. The number of aliphatic hydroxyl groups excluding tert-OH is 1. The molecule has 0 aliphatic carbocycles. The number of nitrogens with one attached hydrogen (secondary N) is 2. The molecule has 3 N–H and O–H groups in total. The molecule has 1 aromatic heterocycles. The Labute approximate surface area is 163 Å². The van der Waals surface area contributed by atoms with Crippen molar-refractivity contribution in [2.24, 2.45) is 10.4 Å². The third-order valence-corrected chi connectivity index (χ3v) is 5.46. The molecular weight excluding hydrogens is 336 g/mol. The normalized spacial score (nSPS) is 12.4. The lowest BCUT2D eigenvalue weighted by Gasteiger charge is -2.29. The van der Waals surface area contributed by atoms with E-state index in [1.165, 1.54) is 10.9 Å². The van der Waals surface area contributed by atoms with Gasteiger partial charge in [-0.05, 0) is 49.7 Å². The highest BCUT2D eigenvalue weighted by Crippen LogP contribution is 2.30. The van der Waals surface area contributed by atoms with Gasteiger partial charge >= 0.3 is 0 Å². The van der Waals surface area contributed by atoms with Gasteiger partial charge in [0.05, 0.1) is 5.52 Å². The number of guanidine groups is 1. The van der Waals surface area contributed by atoms with E-state index in [-0.39, 0.29) is 12.0 Å². The molecule has 148 valence electrons. The minimum Gasteiger partial charge on any atom is -0.396 e. The van der Waals surface area contributed by atoms with Crippen LogP contribution in [0.5, 0.6) is 0 Å². The van der Waals surface area contributed by atoms with Crippen molar-refractivity contribution in [1.29, 1.82) is 0 Å². The number of nitrogens with zero attached hydrogens (tertiary/aromatic N) is 2. The number of benzene rings is 1. The Balaban J connectivity index is 2.01. The fraction of sp³-hybridized carbons (Fsp3) is 0.545. The lowest BCUT2D eigenvalue weighted by Crippen LogP contribution is -2.39. The summed E-state index contributed by atoms with van der Waals surface area (Å²) in [6.07, 6.45) is 5.58. The molecule has 0 radical (unpaired) electrons. The van der Waals surface area contributed by atoms with Gasteiger partial charge < -0.3 is 15.7 Å². The van der Waals surface area contributed by atoms with E-state index in [0.717, 1.165) is 56.8 Å². The van der Waals surface area contributed by atoms with Gasteiger partial charge in [0, 0.05) is 37.8 Å². The molecule has 5 nitrogen and oxygen atoms in total. The van der Waals surface area contributed by atoms with Crippen molar-refractivity contribution >= 4 is 16.9 Å². The maximum absolute atomic E-state index is 9.40. The van der Waals surface area contributed by atoms with Gasteiger partial charge in [0.1, 0.15) is 0 Å². The predicted molar refractivity (Wildman–Crippen MR) is 114 cm³/mol. The second kappa shape index (κ2) is 10.9. The smallest absolute Gasteiger partial charge is 0.191 e. The van der Waals surface area contributed by atoms with E-state index < -0.39 is 0 Å². The number of pyridine rings is 1. The van der Waals surface area contributed by atoms with Gasteiger partial charge in [0.25, 0.3) is 0 Å². The molecule has 0 fully saturated rings. The van der Waals surface area contributed by atoms with Crippen molar-refractivity contribution in [3.63, 3.8) is 0 Å². The Morgan fingerprint density at radius 2 is 1.89 bits per heavy atom. The van der Waals surface area contributed by atoms with Crippen LogP contribution in [0.2, 0.25) is 0 Å². The highest BCUT2D eigenvalue weighted by Gasteiger charge is 2.25. The summed E-state index contributed by atoms with van der Waals surface area (Å²) in [6.45, 7) is 9.01. The van der Waals surface area contributed by atoms with E-state index >= 15 is 0 Å². The van der Waals surface area contributed by atoms with Crippen molar-refractivity contribution < 1.29 is 5.11 Å². The Morgan fingerprint density at radius 1 is 1.11 bits per heavy atom. The lowest BCUT2D eigenvalue weighted by atomic mass is 9.79. The minimum absolute atomic E-state index is 0.0800. The first kappa shape index (κ1) is 21.2. The SMILES string of the molecule is CCNC(=NCC(CC)(CC)CCO)NCCc1cccc2cccnc12. The Bertz CT molecular complexity index is 720. The quantitative estimate of drug-likeness (QED) is 0.442. The van der Waals surface area contributed by atoms with Gasteiger partial charge in [-0.1, -0.05) is 38.1 Å². The third kappa shape index (κ3) is 5.93. The summed E-state index contributed by atoms with van der Waals surface area (Å²) in [5, 5.41) is 17.4. The van der Waals surface area contributed by atoms with Gasteiger partial charge in [-0.3, -0.25) is 9.98 Å². The summed E-state index contributed by atoms with van der Waals surface area (Å²) in [5.41, 5.74) is 2.40. The zero-order valence-electron chi connectivity index (χ0n) is 17.0. The van der Waals surface area contributed by atoms with Crippen molar-refractivity contribution in [3.05, 3.63) is 42.1 Å². The number of rotatable bonds is 10. The summed E-state index contributed by atoms with van der Waals surface area (Å²) >= 11 is 0. The van der Waals surface area contributed by atoms with E-state index in [1.54, 1.807) is 0 Å². The van der Waals surface area contributed by atoms with E-state index in [9.17, 15) is 5.11 Å². The molecule has 0 unspecified atom stereocenters. The number of hydrogen-bond donors (Lipinski definition) is 3. The maximum Gasteiger partial charge on any atom is 0.191 e. The van der Waals surface area contributed by atoms with Gasteiger partial charge in [-0.15, -0.1) is 0 Å². The second-order valence-corrected chi connectivity index (χ2v) is 7.04. The van der Waals surface area contributed by atoms with Crippen molar-refractivity contribution in [1.82, 2.24) is 15.6 Å². The number of aliphatic imine (C=N–C) groups is 1. The molecule has 5 heteroatoms. The maximum atomic E-state index is 9.40. The molecule has 0 aliphatic heterocycles. The monoisotopic (exact) mass is 370 g/mol. The first-order valence-corrected chi connectivity index (χ1v) is 10.1. The predicted octanol–water partition coefficient (Wildman–Crippen LogP) is 3.52. The van der Waals surface area contributed by atoms with E-state index in [4.69, 9.17) is 4.99 Å². The van der Waals surface area contributed by atoms with Gasteiger partial charge in [0.15, 0.2) is 5.96 Å². The average molecular weight is 371 g/mol. The summed E-state index contributed by atoms with van der Waals surface area (Å²) in [5.74, 6) is 0.843. The molecule has 1 aromatic carbocycles. The number of para-hydroxylation sites is 1. The molecule has 0 spiro atoms. The van der Waals surface area contributed by atoms with Crippen molar-refractivity contribution in [2.75, 3.05) is 26.2 Å². The van der Waals surface area contributed by atoms with Crippen LogP contribution in [0.3, 0.4) is 0 Å². The average Bonchev–Trinajstić information content (AvgIpc) is 2.71. The van der Waals surface area contributed by atoms with E-state index in [2.05, 4.69) is 60.7 Å². The van der Waals surface area contributed by atoms with Crippen molar-refractivity contribution in [3.8, 4) is 0 Å². The Kier molecular flexibility index (Phi) is 8.52. The van der Waals surface area contributed by atoms with Crippen LogP contribution in [0, 0.1) is 5.41 Å². The molecule has 2 rings (SSSR count). The topological polar surface area (TPSA) is 69.5 Å². The fourth-order valence-corrected chi connectivity index (χ4v) is 3.42. The van der Waals surface area contributed by atoms with Crippen LogP contribution >= 0.6 is 0 Å². The summed E-state index contributed by atoms with van der Waals surface area (Å²) in [4.78, 5) is 9.34. The molecule has 1 heterocycles. The van der Waals surface area contributed by atoms with Crippen molar-refractivity contribution in [2.45, 2.75) is 46.5 Å². The van der Waals surface area contributed by atoms with Gasteiger partial charge in [0.2, 0.25) is 0 Å². The van der Waals surface area contributed by atoms with E-state index in [1.807, 2.05) is 12.3 Å². The molecule has 0 atom stereocenters. The van der Waals surface area contributed by atoms with Gasteiger partial charge in [-0.2, -0.15) is 0 Å². The van der Waals surface area contributed by atoms with Crippen LogP contribution < -0.4 is 10.6 Å². The number of aromatic nitrogens is 1. The lowest BCUT2D eigenvalue weighted by molar-refractivity contribution is 0.175. The zero-order chi connectivity index (χ0) is 19.5. The first-order chi connectivity index (χ1) is 13.2. The summed E-state index contributed by atoms with van der Waals surface area (Å²) in [6, 6.07) is 10.4. The first-order valence-electron chi connectivity index (χ1n) is 10.1. The third-order valence-electron chi connectivity index (χ3n) is 5.46. The molecule has 0 bridgehead atoms. The fourth-order valence-electron chi connectivity index (χ4n) is 3.42. The second-order valence-electron chi connectivity index (χ2n) is 7.04.